The monoisotopic (exact) mass is 273 g/mol. The summed E-state index contributed by atoms with van der Waals surface area (Å²) in [7, 11) is 0. The smallest absolute Gasteiger partial charge is 0.340 e. The van der Waals surface area contributed by atoms with Crippen LogP contribution in [0.1, 0.15) is 5.56 Å². The molecule has 0 aliphatic rings. The molecule has 0 saturated carbocycles. The SMILES string of the molecule is FC(F)(F)c1ccc(Nc2cc(Cl)ncn2)cc1. The fourth-order valence-electron chi connectivity index (χ4n) is 1.29. The van der Waals surface area contributed by atoms with Crippen LogP contribution < -0.4 is 5.32 Å². The summed E-state index contributed by atoms with van der Waals surface area (Å²) < 4.78 is 37.0. The molecule has 0 spiro atoms. The third-order valence-electron chi connectivity index (χ3n) is 2.12. The van der Waals surface area contributed by atoms with Gasteiger partial charge < -0.3 is 5.32 Å². The summed E-state index contributed by atoms with van der Waals surface area (Å²) in [6.07, 6.45) is -3.08. The van der Waals surface area contributed by atoms with Gasteiger partial charge in [-0.3, -0.25) is 0 Å². The Hall–Kier alpha value is -1.82. The van der Waals surface area contributed by atoms with Crippen LogP contribution in [-0.4, -0.2) is 9.97 Å². The van der Waals surface area contributed by atoms with Crippen LogP contribution in [0.15, 0.2) is 36.7 Å². The molecule has 0 radical (unpaired) electrons. The minimum atomic E-state index is -4.34. The Balaban J connectivity index is 2.16. The fourth-order valence-corrected chi connectivity index (χ4v) is 1.44. The highest BCUT2D eigenvalue weighted by molar-refractivity contribution is 6.29. The molecule has 7 heteroatoms. The highest BCUT2D eigenvalue weighted by Crippen LogP contribution is 2.30. The second kappa shape index (κ2) is 4.81. The number of nitrogens with one attached hydrogen (secondary N) is 1. The molecule has 18 heavy (non-hydrogen) atoms. The molecule has 1 heterocycles. The first-order chi connectivity index (χ1) is 8.45. The summed E-state index contributed by atoms with van der Waals surface area (Å²) in [6, 6.07) is 6.09. The van der Waals surface area contributed by atoms with E-state index in [1.165, 1.54) is 24.5 Å². The number of hydrogen-bond donors (Lipinski definition) is 1. The second-order valence-corrected chi connectivity index (χ2v) is 3.81. The van der Waals surface area contributed by atoms with Crippen molar-refractivity contribution in [1.82, 2.24) is 9.97 Å². The molecular weight excluding hydrogens is 267 g/mol. The molecule has 1 N–H and O–H groups in total. The minimum Gasteiger partial charge on any atom is -0.340 e. The van der Waals surface area contributed by atoms with Crippen molar-refractivity contribution < 1.29 is 13.2 Å². The highest BCUT2D eigenvalue weighted by atomic mass is 35.5. The third kappa shape index (κ3) is 3.10. The maximum absolute atomic E-state index is 12.3. The number of halogens is 4. The summed E-state index contributed by atoms with van der Waals surface area (Å²) in [6.45, 7) is 0. The van der Waals surface area contributed by atoms with E-state index in [0.29, 0.717) is 11.5 Å². The lowest BCUT2D eigenvalue weighted by Crippen LogP contribution is -2.04. The lowest BCUT2D eigenvalue weighted by atomic mass is 10.2. The topological polar surface area (TPSA) is 37.8 Å². The molecule has 0 amide bonds. The standard InChI is InChI=1S/C11H7ClF3N3/c12-9-5-10(17-6-16-9)18-8-3-1-7(2-4-8)11(13,14)15/h1-6H,(H,16,17,18). The van der Waals surface area contributed by atoms with Crippen molar-refractivity contribution >= 4 is 23.1 Å². The van der Waals surface area contributed by atoms with Crippen molar-refractivity contribution in [1.29, 1.82) is 0 Å². The first-order valence-electron chi connectivity index (χ1n) is 4.87. The van der Waals surface area contributed by atoms with Crippen LogP contribution in [0.4, 0.5) is 24.7 Å². The summed E-state index contributed by atoms with van der Waals surface area (Å²) in [4.78, 5) is 7.57. The number of benzene rings is 1. The zero-order valence-corrected chi connectivity index (χ0v) is 9.63. The summed E-state index contributed by atoms with van der Waals surface area (Å²) >= 11 is 5.66. The molecule has 1 aromatic heterocycles. The molecular formula is C11H7ClF3N3. The molecule has 0 bridgehead atoms. The van der Waals surface area contributed by atoms with Crippen molar-refractivity contribution in [3.63, 3.8) is 0 Å². The van der Waals surface area contributed by atoms with E-state index >= 15 is 0 Å². The first-order valence-corrected chi connectivity index (χ1v) is 5.25. The zero-order valence-electron chi connectivity index (χ0n) is 8.87. The number of hydrogen-bond acceptors (Lipinski definition) is 3. The van der Waals surface area contributed by atoms with E-state index in [2.05, 4.69) is 15.3 Å². The highest BCUT2D eigenvalue weighted by Gasteiger charge is 2.29. The van der Waals surface area contributed by atoms with Gasteiger partial charge in [0.25, 0.3) is 0 Å². The van der Waals surface area contributed by atoms with Crippen LogP contribution in [0.25, 0.3) is 0 Å². The van der Waals surface area contributed by atoms with E-state index in [1.807, 2.05) is 0 Å². The summed E-state index contributed by atoms with van der Waals surface area (Å²) in [5, 5.41) is 3.07. The van der Waals surface area contributed by atoms with Gasteiger partial charge in [0.15, 0.2) is 0 Å². The van der Waals surface area contributed by atoms with Gasteiger partial charge in [0.2, 0.25) is 0 Å². The Morgan fingerprint density at radius 2 is 1.72 bits per heavy atom. The van der Waals surface area contributed by atoms with Crippen LogP contribution in [0.3, 0.4) is 0 Å². The van der Waals surface area contributed by atoms with Crippen molar-refractivity contribution in [3.8, 4) is 0 Å². The molecule has 94 valence electrons. The van der Waals surface area contributed by atoms with Crippen molar-refractivity contribution in [2.45, 2.75) is 6.18 Å². The van der Waals surface area contributed by atoms with Crippen LogP contribution in [0.2, 0.25) is 5.15 Å². The predicted molar refractivity (Wildman–Crippen MR) is 61.8 cm³/mol. The summed E-state index contributed by atoms with van der Waals surface area (Å²) in [5.74, 6) is 0.412. The second-order valence-electron chi connectivity index (χ2n) is 3.43. The molecule has 0 unspecified atom stereocenters. The minimum absolute atomic E-state index is 0.249. The van der Waals surface area contributed by atoms with Crippen LogP contribution in [0.5, 0.6) is 0 Å². The summed E-state index contributed by atoms with van der Waals surface area (Å²) in [5.41, 5.74) is -0.216. The molecule has 0 aliphatic carbocycles. The van der Waals surface area contributed by atoms with Crippen molar-refractivity contribution in [2.75, 3.05) is 5.32 Å². The normalized spacial score (nSPS) is 11.3. The van der Waals surface area contributed by atoms with E-state index in [4.69, 9.17) is 11.6 Å². The molecule has 2 rings (SSSR count). The molecule has 0 atom stereocenters. The van der Waals surface area contributed by atoms with E-state index in [1.54, 1.807) is 0 Å². The van der Waals surface area contributed by atoms with E-state index in [0.717, 1.165) is 12.1 Å². The molecule has 1 aromatic carbocycles. The quantitative estimate of drug-likeness (QED) is 0.844. The van der Waals surface area contributed by atoms with Gasteiger partial charge in [-0.1, -0.05) is 11.6 Å². The number of nitrogens with zero attached hydrogens (tertiary/aromatic N) is 2. The largest absolute Gasteiger partial charge is 0.416 e. The number of aromatic nitrogens is 2. The Morgan fingerprint density at radius 3 is 2.28 bits per heavy atom. The van der Waals surface area contributed by atoms with E-state index < -0.39 is 11.7 Å². The van der Waals surface area contributed by atoms with Gasteiger partial charge in [-0.2, -0.15) is 13.2 Å². The maximum atomic E-state index is 12.3. The first kappa shape index (κ1) is 12.6. The average molecular weight is 274 g/mol. The van der Waals surface area contributed by atoms with Crippen molar-refractivity contribution in [2.24, 2.45) is 0 Å². The fraction of sp³-hybridized carbons (Fsp3) is 0.0909. The Kier molecular flexibility index (Phi) is 3.38. The molecule has 0 fully saturated rings. The lowest BCUT2D eigenvalue weighted by molar-refractivity contribution is -0.137. The molecule has 3 nitrogen and oxygen atoms in total. The molecule has 0 saturated heterocycles. The third-order valence-corrected chi connectivity index (χ3v) is 2.33. The molecule has 2 aromatic rings. The van der Waals surface area contributed by atoms with Crippen LogP contribution >= 0.6 is 11.6 Å². The predicted octanol–water partition coefficient (Wildman–Crippen LogP) is 3.89. The number of rotatable bonds is 2. The Labute approximate surface area is 106 Å². The average Bonchev–Trinajstić information content (AvgIpc) is 2.28. The van der Waals surface area contributed by atoms with Gasteiger partial charge in [-0.05, 0) is 24.3 Å². The van der Waals surface area contributed by atoms with Gasteiger partial charge in [-0.25, -0.2) is 9.97 Å². The molecule has 0 aliphatic heterocycles. The lowest BCUT2D eigenvalue weighted by Gasteiger charge is -2.08. The van der Waals surface area contributed by atoms with Gasteiger partial charge in [-0.15, -0.1) is 0 Å². The van der Waals surface area contributed by atoms with E-state index in [9.17, 15) is 13.2 Å². The van der Waals surface area contributed by atoms with Gasteiger partial charge in [0, 0.05) is 11.8 Å². The van der Waals surface area contributed by atoms with Gasteiger partial charge in [0.05, 0.1) is 5.56 Å². The van der Waals surface area contributed by atoms with Crippen LogP contribution in [0, 0.1) is 0 Å². The zero-order chi connectivity index (χ0) is 13.2. The van der Waals surface area contributed by atoms with Crippen molar-refractivity contribution in [3.05, 3.63) is 47.4 Å². The van der Waals surface area contributed by atoms with E-state index in [-0.39, 0.29) is 5.15 Å². The Morgan fingerprint density at radius 1 is 1.06 bits per heavy atom. The van der Waals surface area contributed by atoms with Gasteiger partial charge in [0.1, 0.15) is 17.3 Å². The maximum Gasteiger partial charge on any atom is 0.416 e. The van der Waals surface area contributed by atoms with Crippen LogP contribution in [-0.2, 0) is 6.18 Å². The number of anilines is 2. The number of alkyl halides is 3. The Bertz CT molecular complexity index is 540. The van der Waals surface area contributed by atoms with Gasteiger partial charge >= 0.3 is 6.18 Å².